The molecule has 2 aromatic rings. The molecule has 1 aliphatic rings. The Morgan fingerprint density at radius 2 is 1.93 bits per heavy atom. The molecular formula is C21H25NO4S. The number of carbonyl (C=O) groups is 1. The van der Waals surface area contributed by atoms with Crippen LogP contribution in [0.5, 0.6) is 0 Å². The number of hydrogen-bond acceptors (Lipinski definition) is 4. The van der Waals surface area contributed by atoms with Crippen LogP contribution in [0.3, 0.4) is 0 Å². The molecule has 1 unspecified atom stereocenters. The van der Waals surface area contributed by atoms with Crippen molar-refractivity contribution in [3.63, 3.8) is 0 Å². The molecule has 0 radical (unpaired) electrons. The lowest BCUT2D eigenvalue weighted by Gasteiger charge is -2.31. The van der Waals surface area contributed by atoms with Crippen LogP contribution in [0.2, 0.25) is 0 Å². The molecule has 3 rings (SSSR count). The van der Waals surface area contributed by atoms with Crippen molar-refractivity contribution >= 4 is 15.8 Å². The van der Waals surface area contributed by atoms with Gasteiger partial charge >= 0.3 is 0 Å². The summed E-state index contributed by atoms with van der Waals surface area (Å²) in [6.45, 7) is 3.45. The van der Waals surface area contributed by atoms with Gasteiger partial charge in [0.05, 0.1) is 18.1 Å². The summed E-state index contributed by atoms with van der Waals surface area (Å²) in [7, 11) is -3.60. The van der Waals surface area contributed by atoms with Crippen molar-refractivity contribution in [2.45, 2.75) is 31.3 Å². The van der Waals surface area contributed by atoms with Gasteiger partial charge in [0.15, 0.2) is 5.78 Å². The van der Waals surface area contributed by atoms with Gasteiger partial charge in [0.25, 0.3) is 0 Å². The van der Waals surface area contributed by atoms with Crippen LogP contribution < -0.4 is 0 Å². The van der Waals surface area contributed by atoms with Crippen LogP contribution in [0.4, 0.5) is 0 Å². The van der Waals surface area contributed by atoms with Crippen molar-refractivity contribution < 1.29 is 17.9 Å². The molecule has 144 valence electrons. The SMILES string of the molecule is CC(=O)c1cccc(S(=O)(=O)N2CCCC(COCc3ccccc3)C2)c1. The van der Waals surface area contributed by atoms with Crippen LogP contribution in [0.1, 0.15) is 35.7 Å². The number of rotatable bonds is 7. The standard InChI is InChI=1S/C21H25NO4S/c1-17(23)20-10-5-11-21(13-20)27(24,25)22-12-6-9-19(14-22)16-26-15-18-7-3-2-4-8-18/h2-5,7-8,10-11,13,19H,6,9,12,14-16H2,1H3. The Hall–Kier alpha value is -2.02. The lowest BCUT2D eigenvalue weighted by Crippen LogP contribution is -2.41. The van der Waals surface area contributed by atoms with Gasteiger partial charge in [-0.2, -0.15) is 4.31 Å². The predicted molar refractivity (Wildman–Crippen MR) is 104 cm³/mol. The van der Waals surface area contributed by atoms with Gasteiger partial charge in [-0.1, -0.05) is 42.5 Å². The monoisotopic (exact) mass is 387 g/mol. The molecule has 27 heavy (non-hydrogen) atoms. The van der Waals surface area contributed by atoms with Crippen LogP contribution in [0.25, 0.3) is 0 Å². The molecule has 5 nitrogen and oxygen atoms in total. The number of ether oxygens (including phenoxy) is 1. The number of hydrogen-bond donors (Lipinski definition) is 0. The highest BCUT2D eigenvalue weighted by Crippen LogP contribution is 2.25. The largest absolute Gasteiger partial charge is 0.376 e. The number of carbonyl (C=O) groups excluding carboxylic acids is 1. The Labute approximate surface area is 161 Å². The Bertz CT molecular complexity index is 880. The summed E-state index contributed by atoms with van der Waals surface area (Å²) < 4.78 is 33.3. The molecule has 0 saturated carbocycles. The molecule has 1 aliphatic heterocycles. The molecule has 0 aliphatic carbocycles. The molecule has 2 aromatic carbocycles. The van der Waals surface area contributed by atoms with E-state index >= 15 is 0 Å². The minimum atomic E-state index is -3.60. The number of Topliss-reactive ketones (excluding diaryl/α,β-unsaturated/α-hetero) is 1. The molecule has 0 spiro atoms. The third kappa shape index (κ3) is 5.03. The van der Waals surface area contributed by atoms with Crippen LogP contribution in [-0.2, 0) is 21.4 Å². The van der Waals surface area contributed by atoms with E-state index in [1.54, 1.807) is 18.2 Å². The fourth-order valence-electron chi connectivity index (χ4n) is 3.32. The van der Waals surface area contributed by atoms with E-state index in [4.69, 9.17) is 4.74 Å². The number of benzene rings is 2. The highest BCUT2D eigenvalue weighted by molar-refractivity contribution is 7.89. The van der Waals surface area contributed by atoms with E-state index in [0.717, 1.165) is 18.4 Å². The van der Waals surface area contributed by atoms with E-state index in [0.29, 0.717) is 31.9 Å². The third-order valence-corrected chi connectivity index (χ3v) is 6.69. The zero-order valence-corrected chi connectivity index (χ0v) is 16.3. The summed E-state index contributed by atoms with van der Waals surface area (Å²) in [6, 6.07) is 16.2. The van der Waals surface area contributed by atoms with Gasteiger partial charge in [-0.05, 0) is 43.4 Å². The summed E-state index contributed by atoms with van der Waals surface area (Å²) in [5.41, 5.74) is 1.52. The average molecular weight is 388 g/mol. The van der Waals surface area contributed by atoms with Crippen LogP contribution in [0.15, 0.2) is 59.5 Å². The Kier molecular flexibility index (Phi) is 6.42. The van der Waals surface area contributed by atoms with Gasteiger partial charge in [-0.25, -0.2) is 8.42 Å². The fourth-order valence-corrected chi connectivity index (χ4v) is 4.92. The molecule has 0 amide bonds. The molecule has 1 fully saturated rings. The van der Waals surface area contributed by atoms with E-state index in [1.165, 1.54) is 17.3 Å². The zero-order chi connectivity index (χ0) is 19.3. The highest BCUT2D eigenvalue weighted by atomic mass is 32.2. The average Bonchev–Trinajstić information content (AvgIpc) is 2.69. The van der Waals surface area contributed by atoms with Crippen molar-refractivity contribution in [2.75, 3.05) is 19.7 Å². The van der Waals surface area contributed by atoms with Crippen LogP contribution in [0, 0.1) is 5.92 Å². The smallest absolute Gasteiger partial charge is 0.243 e. The van der Waals surface area contributed by atoms with E-state index in [2.05, 4.69) is 0 Å². The quantitative estimate of drug-likeness (QED) is 0.682. The second-order valence-electron chi connectivity index (χ2n) is 6.96. The predicted octanol–water partition coefficient (Wildman–Crippen LogP) is 3.51. The molecule has 1 heterocycles. The topological polar surface area (TPSA) is 63.7 Å². The maximum Gasteiger partial charge on any atom is 0.243 e. The first-order chi connectivity index (χ1) is 13.0. The number of nitrogens with zero attached hydrogens (tertiary/aromatic N) is 1. The lowest BCUT2D eigenvalue weighted by atomic mass is 10.0. The van der Waals surface area contributed by atoms with Crippen molar-refractivity contribution in [2.24, 2.45) is 5.92 Å². The van der Waals surface area contributed by atoms with E-state index < -0.39 is 10.0 Å². The summed E-state index contributed by atoms with van der Waals surface area (Å²) in [5.74, 6) is 0.0334. The first-order valence-electron chi connectivity index (χ1n) is 9.19. The first-order valence-corrected chi connectivity index (χ1v) is 10.6. The molecule has 0 bridgehead atoms. The van der Waals surface area contributed by atoms with Gasteiger partial charge in [-0.3, -0.25) is 4.79 Å². The summed E-state index contributed by atoms with van der Waals surface area (Å²) in [4.78, 5) is 11.7. The summed E-state index contributed by atoms with van der Waals surface area (Å²) >= 11 is 0. The van der Waals surface area contributed by atoms with Gasteiger partial charge < -0.3 is 4.74 Å². The highest BCUT2D eigenvalue weighted by Gasteiger charge is 2.30. The molecule has 0 N–H and O–H groups in total. The van der Waals surface area contributed by atoms with Crippen LogP contribution >= 0.6 is 0 Å². The number of piperidine rings is 1. The molecule has 0 aromatic heterocycles. The molecule has 1 atom stereocenters. The Balaban J connectivity index is 1.62. The number of sulfonamides is 1. The Morgan fingerprint density at radius 3 is 2.67 bits per heavy atom. The zero-order valence-electron chi connectivity index (χ0n) is 15.5. The Morgan fingerprint density at radius 1 is 1.15 bits per heavy atom. The second-order valence-corrected chi connectivity index (χ2v) is 8.89. The molecule has 1 saturated heterocycles. The maximum atomic E-state index is 13.0. The minimum absolute atomic E-state index is 0.141. The normalized spacial score (nSPS) is 18.3. The van der Waals surface area contributed by atoms with Gasteiger partial charge in [0.2, 0.25) is 10.0 Å². The van der Waals surface area contributed by atoms with Crippen molar-refractivity contribution in [1.29, 1.82) is 0 Å². The second kappa shape index (κ2) is 8.78. The summed E-state index contributed by atoms with van der Waals surface area (Å²) in [5, 5.41) is 0. The van der Waals surface area contributed by atoms with Crippen molar-refractivity contribution in [3.05, 3.63) is 65.7 Å². The lowest BCUT2D eigenvalue weighted by molar-refractivity contribution is 0.0672. The van der Waals surface area contributed by atoms with E-state index in [1.807, 2.05) is 30.3 Å². The molecular weight excluding hydrogens is 362 g/mol. The van der Waals surface area contributed by atoms with Crippen molar-refractivity contribution in [3.8, 4) is 0 Å². The minimum Gasteiger partial charge on any atom is -0.376 e. The van der Waals surface area contributed by atoms with Gasteiger partial charge in [-0.15, -0.1) is 0 Å². The summed E-state index contributed by atoms with van der Waals surface area (Å²) in [6.07, 6.45) is 1.76. The van der Waals surface area contributed by atoms with Crippen LogP contribution in [-0.4, -0.2) is 38.2 Å². The van der Waals surface area contributed by atoms with E-state index in [9.17, 15) is 13.2 Å². The third-order valence-electron chi connectivity index (χ3n) is 4.83. The maximum absolute atomic E-state index is 13.0. The first kappa shape index (κ1) is 19.7. The van der Waals surface area contributed by atoms with Crippen molar-refractivity contribution in [1.82, 2.24) is 4.31 Å². The van der Waals surface area contributed by atoms with Gasteiger partial charge in [0.1, 0.15) is 0 Å². The number of ketones is 1. The molecule has 6 heteroatoms. The van der Waals surface area contributed by atoms with E-state index in [-0.39, 0.29) is 16.6 Å². The fraction of sp³-hybridized carbons (Fsp3) is 0.381. The van der Waals surface area contributed by atoms with Gasteiger partial charge in [0, 0.05) is 18.7 Å².